The lowest BCUT2D eigenvalue weighted by atomic mass is 10.2. The van der Waals surface area contributed by atoms with Gasteiger partial charge in [-0.1, -0.05) is 11.6 Å². The SMILES string of the molecule is Clc1ccc(OCC2CCCO2)nn1. The minimum absolute atomic E-state index is 0.201. The van der Waals surface area contributed by atoms with E-state index in [1.165, 1.54) is 0 Å². The van der Waals surface area contributed by atoms with E-state index in [1.807, 2.05) is 0 Å². The van der Waals surface area contributed by atoms with Crippen molar-refractivity contribution < 1.29 is 9.47 Å². The predicted octanol–water partition coefficient (Wildman–Crippen LogP) is 1.69. The number of nitrogens with zero attached hydrogens (tertiary/aromatic N) is 2. The van der Waals surface area contributed by atoms with Crippen molar-refractivity contribution in [1.29, 1.82) is 0 Å². The number of hydrogen-bond acceptors (Lipinski definition) is 4. The molecule has 0 aliphatic carbocycles. The van der Waals surface area contributed by atoms with E-state index in [0.717, 1.165) is 19.4 Å². The summed E-state index contributed by atoms with van der Waals surface area (Å²) in [7, 11) is 0. The molecule has 0 amide bonds. The Balaban J connectivity index is 1.82. The molecule has 0 N–H and O–H groups in total. The third-order valence-corrected chi connectivity index (χ3v) is 2.25. The van der Waals surface area contributed by atoms with Crippen molar-refractivity contribution in [2.24, 2.45) is 0 Å². The molecule has 1 fully saturated rings. The molecule has 1 atom stereocenters. The molecular formula is C9H11ClN2O2. The van der Waals surface area contributed by atoms with Crippen LogP contribution in [0, 0.1) is 0 Å². The highest BCUT2D eigenvalue weighted by atomic mass is 35.5. The van der Waals surface area contributed by atoms with E-state index in [0.29, 0.717) is 17.6 Å². The van der Waals surface area contributed by atoms with Gasteiger partial charge in [0.25, 0.3) is 0 Å². The van der Waals surface area contributed by atoms with Crippen LogP contribution in [0.1, 0.15) is 12.8 Å². The molecule has 0 spiro atoms. The maximum atomic E-state index is 5.59. The topological polar surface area (TPSA) is 44.2 Å². The Hall–Kier alpha value is -0.870. The van der Waals surface area contributed by atoms with Crippen LogP contribution in [0.25, 0.3) is 0 Å². The Morgan fingerprint density at radius 2 is 2.43 bits per heavy atom. The lowest BCUT2D eigenvalue weighted by molar-refractivity contribution is 0.0660. The summed E-state index contributed by atoms with van der Waals surface area (Å²) in [6.45, 7) is 1.37. The second kappa shape index (κ2) is 4.57. The van der Waals surface area contributed by atoms with E-state index in [4.69, 9.17) is 21.1 Å². The van der Waals surface area contributed by atoms with Gasteiger partial charge >= 0.3 is 0 Å². The molecule has 2 rings (SSSR count). The molecule has 1 unspecified atom stereocenters. The average molecular weight is 215 g/mol. The van der Waals surface area contributed by atoms with Crippen molar-refractivity contribution in [3.05, 3.63) is 17.3 Å². The molecule has 0 aromatic carbocycles. The molecule has 76 valence electrons. The number of hydrogen-bond donors (Lipinski definition) is 0. The van der Waals surface area contributed by atoms with Crippen LogP contribution in [0.15, 0.2) is 12.1 Å². The third kappa shape index (κ3) is 2.56. The summed E-state index contributed by atoms with van der Waals surface area (Å²) in [6, 6.07) is 3.35. The minimum Gasteiger partial charge on any atom is -0.474 e. The zero-order chi connectivity index (χ0) is 9.80. The van der Waals surface area contributed by atoms with Gasteiger partial charge in [-0.05, 0) is 18.9 Å². The Morgan fingerprint density at radius 3 is 3.07 bits per heavy atom. The predicted molar refractivity (Wildman–Crippen MR) is 51.5 cm³/mol. The summed E-state index contributed by atoms with van der Waals surface area (Å²) < 4.78 is 10.8. The molecule has 1 aliphatic heterocycles. The molecule has 5 heteroatoms. The second-order valence-electron chi connectivity index (χ2n) is 3.14. The summed E-state index contributed by atoms with van der Waals surface area (Å²) in [5.41, 5.74) is 0. The van der Waals surface area contributed by atoms with Crippen LogP contribution in [0.2, 0.25) is 5.15 Å². The largest absolute Gasteiger partial charge is 0.474 e. The van der Waals surface area contributed by atoms with Crippen LogP contribution in [0.4, 0.5) is 0 Å². The van der Waals surface area contributed by atoms with Crippen molar-refractivity contribution in [2.45, 2.75) is 18.9 Å². The Bertz CT molecular complexity index is 285. The zero-order valence-corrected chi connectivity index (χ0v) is 8.41. The van der Waals surface area contributed by atoms with Gasteiger partial charge in [0.2, 0.25) is 5.88 Å². The van der Waals surface area contributed by atoms with Gasteiger partial charge in [0.15, 0.2) is 5.15 Å². The van der Waals surface area contributed by atoms with E-state index in [2.05, 4.69) is 10.2 Å². The molecule has 0 saturated carbocycles. The molecule has 0 radical (unpaired) electrons. The Labute approximate surface area is 87.2 Å². The summed E-state index contributed by atoms with van der Waals surface area (Å²) in [5.74, 6) is 0.491. The van der Waals surface area contributed by atoms with Crippen LogP contribution in [-0.2, 0) is 4.74 Å². The molecule has 4 nitrogen and oxygen atoms in total. The molecular weight excluding hydrogens is 204 g/mol. The van der Waals surface area contributed by atoms with Crippen molar-refractivity contribution in [1.82, 2.24) is 10.2 Å². The van der Waals surface area contributed by atoms with Crippen molar-refractivity contribution in [2.75, 3.05) is 13.2 Å². The highest BCUT2D eigenvalue weighted by Crippen LogP contribution is 2.14. The van der Waals surface area contributed by atoms with E-state index < -0.39 is 0 Å². The van der Waals surface area contributed by atoms with Crippen molar-refractivity contribution in [3.63, 3.8) is 0 Å². The highest BCUT2D eigenvalue weighted by molar-refractivity contribution is 6.29. The monoisotopic (exact) mass is 214 g/mol. The summed E-state index contributed by atoms with van der Waals surface area (Å²) >= 11 is 5.59. The zero-order valence-electron chi connectivity index (χ0n) is 7.65. The van der Waals surface area contributed by atoms with Crippen molar-refractivity contribution >= 4 is 11.6 Å². The first-order valence-corrected chi connectivity index (χ1v) is 4.96. The Morgan fingerprint density at radius 1 is 1.50 bits per heavy atom. The summed E-state index contributed by atoms with van der Waals surface area (Å²) in [6.07, 6.45) is 2.37. The van der Waals surface area contributed by atoms with Crippen molar-refractivity contribution in [3.8, 4) is 5.88 Å². The van der Waals surface area contributed by atoms with Gasteiger partial charge in [0, 0.05) is 12.7 Å². The van der Waals surface area contributed by atoms with Gasteiger partial charge in [-0.2, -0.15) is 0 Å². The van der Waals surface area contributed by atoms with Crippen LogP contribution < -0.4 is 4.74 Å². The third-order valence-electron chi connectivity index (χ3n) is 2.05. The molecule has 2 heterocycles. The maximum Gasteiger partial charge on any atom is 0.233 e. The average Bonchev–Trinajstić information content (AvgIpc) is 2.70. The number of ether oxygens (including phenoxy) is 2. The number of aromatic nitrogens is 2. The maximum absolute atomic E-state index is 5.59. The van der Waals surface area contributed by atoms with Gasteiger partial charge in [0.1, 0.15) is 6.61 Å². The fourth-order valence-corrected chi connectivity index (χ4v) is 1.44. The van der Waals surface area contributed by atoms with E-state index in [1.54, 1.807) is 12.1 Å². The van der Waals surface area contributed by atoms with Crippen LogP contribution in [0.3, 0.4) is 0 Å². The molecule has 14 heavy (non-hydrogen) atoms. The van der Waals surface area contributed by atoms with Gasteiger partial charge in [-0.3, -0.25) is 0 Å². The normalized spacial score (nSPS) is 21.1. The van der Waals surface area contributed by atoms with Crippen LogP contribution in [0.5, 0.6) is 5.88 Å². The van der Waals surface area contributed by atoms with Gasteiger partial charge in [0.05, 0.1) is 6.10 Å². The molecule has 1 aromatic rings. The van der Waals surface area contributed by atoms with E-state index >= 15 is 0 Å². The smallest absolute Gasteiger partial charge is 0.233 e. The fourth-order valence-electron chi connectivity index (χ4n) is 1.33. The fraction of sp³-hybridized carbons (Fsp3) is 0.556. The highest BCUT2D eigenvalue weighted by Gasteiger charge is 2.16. The summed E-state index contributed by atoms with van der Waals surface area (Å²) in [4.78, 5) is 0. The molecule has 0 bridgehead atoms. The van der Waals surface area contributed by atoms with Crippen LogP contribution >= 0.6 is 11.6 Å². The lowest BCUT2D eigenvalue weighted by Gasteiger charge is -2.09. The number of rotatable bonds is 3. The second-order valence-corrected chi connectivity index (χ2v) is 3.53. The first-order chi connectivity index (χ1) is 6.84. The van der Waals surface area contributed by atoms with Crippen LogP contribution in [-0.4, -0.2) is 29.5 Å². The van der Waals surface area contributed by atoms with Gasteiger partial charge in [-0.15, -0.1) is 10.2 Å². The van der Waals surface area contributed by atoms with E-state index in [9.17, 15) is 0 Å². The van der Waals surface area contributed by atoms with Gasteiger partial charge in [-0.25, -0.2) is 0 Å². The first kappa shape index (κ1) is 9.68. The van der Waals surface area contributed by atoms with Gasteiger partial charge < -0.3 is 9.47 Å². The Kier molecular flexibility index (Phi) is 3.16. The van der Waals surface area contributed by atoms with E-state index in [-0.39, 0.29) is 6.10 Å². The quantitative estimate of drug-likeness (QED) is 0.768. The first-order valence-electron chi connectivity index (χ1n) is 4.58. The standard InChI is InChI=1S/C9H11ClN2O2/c10-8-3-4-9(12-11-8)14-6-7-2-1-5-13-7/h3-4,7H,1-2,5-6H2. The number of halogens is 1. The molecule has 1 aromatic heterocycles. The summed E-state index contributed by atoms with van der Waals surface area (Å²) in [5, 5.41) is 7.82. The lowest BCUT2D eigenvalue weighted by Crippen LogP contribution is -2.16. The molecule has 1 saturated heterocycles. The minimum atomic E-state index is 0.201. The molecule has 1 aliphatic rings.